The molecule has 0 fully saturated rings. The lowest BCUT2D eigenvalue weighted by Crippen LogP contribution is -2.11. The molecule has 3 heteroatoms. The fourth-order valence-electron chi connectivity index (χ4n) is 2.39. The highest BCUT2D eigenvalue weighted by molar-refractivity contribution is 5.92. The molecular weight excluding hydrogens is 262 g/mol. The first-order valence-corrected chi connectivity index (χ1v) is 7.46. The maximum absolute atomic E-state index is 12.1. The van der Waals surface area contributed by atoms with E-state index >= 15 is 0 Å². The molecule has 0 radical (unpaired) electrons. The summed E-state index contributed by atoms with van der Waals surface area (Å²) in [5, 5.41) is 0. The van der Waals surface area contributed by atoms with Gasteiger partial charge in [-0.1, -0.05) is 44.2 Å². The Morgan fingerprint density at radius 2 is 1.71 bits per heavy atom. The third-order valence-corrected chi connectivity index (χ3v) is 3.43. The van der Waals surface area contributed by atoms with Crippen molar-refractivity contribution >= 4 is 5.97 Å². The second-order valence-corrected chi connectivity index (χ2v) is 4.77. The number of benzene rings is 1. The number of carbonyl (C=O) groups excluding carboxylic acids is 1. The molecular formula is C18H21NO2. The first-order chi connectivity index (χ1) is 10.2. The molecule has 0 unspecified atom stereocenters. The van der Waals surface area contributed by atoms with Crippen LogP contribution in [0.3, 0.4) is 0 Å². The monoisotopic (exact) mass is 283 g/mol. The van der Waals surface area contributed by atoms with Crippen LogP contribution in [0.1, 0.15) is 42.5 Å². The molecule has 110 valence electrons. The minimum Gasteiger partial charge on any atom is -0.462 e. The second kappa shape index (κ2) is 7.02. The van der Waals surface area contributed by atoms with Gasteiger partial charge in [-0.25, -0.2) is 4.79 Å². The molecule has 2 rings (SSSR count). The molecule has 3 nitrogen and oxygen atoms in total. The first-order valence-electron chi connectivity index (χ1n) is 7.46. The zero-order chi connectivity index (χ0) is 15.2. The van der Waals surface area contributed by atoms with E-state index in [9.17, 15) is 4.79 Å². The Kier molecular flexibility index (Phi) is 5.09. The number of rotatable bonds is 5. The molecule has 0 aliphatic carbocycles. The van der Waals surface area contributed by atoms with Crippen LogP contribution in [-0.2, 0) is 17.6 Å². The normalized spacial score (nSPS) is 10.4. The molecule has 0 aliphatic rings. The van der Waals surface area contributed by atoms with Gasteiger partial charge in [0.15, 0.2) is 0 Å². The Morgan fingerprint density at radius 3 is 2.29 bits per heavy atom. The van der Waals surface area contributed by atoms with Crippen LogP contribution in [0.2, 0.25) is 0 Å². The number of ether oxygens (including phenoxy) is 1. The number of nitrogens with zero attached hydrogens (tertiary/aromatic N) is 1. The minimum absolute atomic E-state index is 0.290. The Balaban J connectivity index is 2.59. The standard InChI is InChI=1S/C18H21NO2/c1-4-16-14(13-10-8-7-9-11-13)12-15(17(5-2)19-16)18(20)21-6-3/h7-12H,4-6H2,1-3H3. The lowest BCUT2D eigenvalue weighted by molar-refractivity contribution is 0.0524. The average molecular weight is 283 g/mol. The van der Waals surface area contributed by atoms with Gasteiger partial charge in [-0.2, -0.15) is 0 Å². The van der Waals surface area contributed by atoms with E-state index < -0.39 is 0 Å². The van der Waals surface area contributed by atoms with Crippen LogP contribution in [0, 0.1) is 0 Å². The SMILES string of the molecule is CCOC(=O)c1cc(-c2ccccc2)c(CC)nc1CC. The Morgan fingerprint density at radius 1 is 1.05 bits per heavy atom. The van der Waals surface area contributed by atoms with Gasteiger partial charge in [-0.05, 0) is 31.4 Å². The molecule has 0 aliphatic heterocycles. The Hall–Kier alpha value is -2.16. The number of carbonyl (C=O) groups is 1. The van der Waals surface area contributed by atoms with Crippen LogP contribution >= 0.6 is 0 Å². The van der Waals surface area contributed by atoms with Gasteiger partial charge < -0.3 is 4.74 Å². The molecule has 1 heterocycles. The van der Waals surface area contributed by atoms with Crippen molar-refractivity contribution in [2.45, 2.75) is 33.6 Å². The molecule has 0 N–H and O–H groups in total. The van der Waals surface area contributed by atoms with E-state index in [0.29, 0.717) is 12.2 Å². The first kappa shape index (κ1) is 15.2. The second-order valence-electron chi connectivity index (χ2n) is 4.77. The van der Waals surface area contributed by atoms with Crippen molar-refractivity contribution in [2.24, 2.45) is 0 Å². The van der Waals surface area contributed by atoms with Gasteiger partial charge in [0.05, 0.1) is 17.9 Å². The van der Waals surface area contributed by atoms with E-state index in [1.54, 1.807) is 0 Å². The quantitative estimate of drug-likeness (QED) is 0.777. The van der Waals surface area contributed by atoms with Gasteiger partial charge in [0.25, 0.3) is 0 Å². The summed E-state index contributed by atoms with van der Waals surface area (Å²) in [5.41, 5.74) is 4.50. The predicted octanol–water partition coefficient (Wildman–Crippen LogP) is 4.05. The van der Waals surface area contributed by atoms with Crippen LogP contribution < -0.4 is 0 Å². The van der Waals surface area contributed by atoms with E-state index in [2.05, 4.69) is 11.9 Å². The molecule has 0 bridgehead atoms. The van der Waals surface area contributed by atoms with Crippen LogP contribution in [0.15, 0.2) is 36.4 Å². The van der Waals surface area contributed by atoms with Crippen LogP contribution in [-0.4, -0.2) is 17.6 Å². The highest BCUT2D eigenvalue weighted by Crippen LogP contribution is 2.26. The van der Waals surface area contributed by atoms with Gasteiger partial charge in [-0.15, -0.1) is 0 Å². The summed E-state index contributed by atoms with van der Waals surface area (Å²) in [6, 6.07) is 12.0. The molecule has 2 aromatic rings. The van der Waals surface area contributed by atoms with Crippen LogP contribution in [0.5, 0.6) is 0 Å². The van der Waals surface area contributed by atoms with E-state index in [1.165, 1.54) is 0 Å². The van der Waals surface area contributed by atoms with Gasteiger partial charge in [0.2, 0.25) is 0 Å². The summed E-state index contributed by atoms with van der Waals surface area (Å²) in [4.78, 5) is 16.8. The minimum atomic E-state index is -0.290. The van der Waals surface area contributed by atoms with Gasteiger partial charge in [0.1, 0.15) is 0 Å². The molecule has 0 amide bonds. The Bertz CT molecular complexity index is 621. The van der Waals surface area contributed by atoms with Crippen LogP contribution in [0.4, 0.5) is 0 Å². The predicted molar refractivity (Wildman–Crippen MR) is 84.4 cm³/mol. The van der Waals surface area contributed by atoms with Crippen molar-refractivity contribution in [1.29, 1.82) is 0 Å². The van der Waals surface area contributed by atoms with E-state index in [0.717, 1.165) is 35.4 Å². The smallest absolute Gasteiger partial charge is 0.340 e. The maximum atomic E-state index is 12.1. The van der Waals surface area contributed by atoms with Gasteiger partial charge in [0, 0.05) is 11.3 Å². The topological polar surface area (TPSA) is 39.2 Å². The lowest BCUT2D eigenvalue weighted by atomic mass is 9.98. The summed E-state index contributed by atoms with van der Waals surface area (Å²) >= 11 is 0. The Labute approximate surface area is 126 Å². The number of aryl methyl sites for hydroxylation is 2. The third kappa shape index (κ3) is 3.30. The number of pyridine rings is 1. The molecule has 0 atom stereocenters. The fourth-order valence-corrected chi connectivity index (χ4v) is 2.39. The number of esters is 1. The molecule has 1 aromatic carbocycles. The van der Waals surface area contributed by atoms with Crippen molar-refractivity contribution in [2.75, 3.05) is 6.61 Å². The van der Waals surface area contributed by atoms with Crippen molar-refractivity contribution in [3.8, 4) is 11.1 Å². The summed E-state index contributed by atoms with van der Waals surface area (Å²) in [7, 11) is 0. The number of hydrogen-bond donors (Lipinski definition) is 0. The summed E-state index contributed by atoms with van der Waals surface area (Å²) in [6.45, 7) is 6.28. The van der Waals surface area contributed by atoms with Crippen LogP contribution in [0.25, 0.3) is 11.1 Å². The van der Waals surface area contributed by atoms with E-state index in [1.807, 2.05) is 50.2 Å². The van der Waals surface area contributed by atoms with Gasteiger partial charge in [-0.3, -0.25) is 4.98 Å². The molecule has 0 saturated carbocycles. The zero-order valence-electron chi connectivity index (χ0n) is 12.8. The van der Waals surface area contributed by atoms with Crippen molar-refractivity contribution in [3.63, 3.8) is 0 Å². The summed E-state index contributed by atoms with van der Waals surface area (Å²) in [6.07, 6.45) is 1.55. The summed E-state index contributed by atoms with van der Waals surface area (Å²) in [5.74, 6) is -0.290. The zero-order valence-corrected chi connectivity index (χ0v) is 12.8. The average Bonchev–Trinajstić information content (AvgIpc) is 2.54. The van der Waals surface area contributed by atoms with Gasteiger partial charge >= 0.3 is 5.97 Å². The van der Waals surface area contributed by atoms with Crippen molar-refractivity contribution < 1.29 is 9.53 Å². The lowest BCUT2D eigenvalue weighted by Gasteiger charge is -2.13. The third-order valence-electron chi connectivity index (χ3n) is 3.43. The highest BCUT2D eigenvalue weighted by Gasteiger charge is 2.17. The van der Waals surface area contributed by atoms with Crippen molar-refractivity contribution in [3.05, 3.63) is 53.3 Å². The molecule has 1 aromatic heterocycles. The van der Waals surface area contributed by atoms with Crippen molar-refractivity contribution in [1.82, 2.24) is 4.98 Å². The number of hydrogen-bond acceptors (Lipinski definition) is 3. The van der Waals surface area contributed by atoms with E-state index in [-0.39, 0.29) is 5.97 Å². The highest BCUT2D eigenvalue weighted by atomic mass is 16.5. The summed E-state index contributed by atoms with van der Waals surface area (Å²) < 4.78 is 5.16. The molecule has 0 saturated heterocycles. The van der Waals surface area contributed by atoms with E-state index in [4.69, 9.17) is 4.74 Å². The fraction of sp³-hybridized carbons (Fsp3) is 0.333. The number of aromatic nitrogens is 1. The molecule has 21 heavy (non-hydrogen) atoms. The maximum Gasteiger partial charge on any atom is 0.340 e. The largest absolute Gasteiger partial charge is 0.462 e. The molecule has 0 spiro atoms.